The molecule has 15 heavy (non-hydrogen) atoms. The molecule has 1 heterocycles. The number of carbonyl (C=O) groups is 1. The SMILES string of the molecule is Cn1c(-c2ccccc2)cnc1C(=O)O. The molecule has 4 nitrogen and oxygen atoms in total. The minimum atomic E-state index is -1.01. The van der Waals surface area contributed by atoms with Crippen molar-refractivity contribution < 1.29 is 9.90 Å². The number of hydrogen-bond donors (Lipinski definition) is 1. The summed E-state index contributed by atoms with van der Waals surface area (Å²) in [4.78, 5) is 14.6. The standard InChI is InChI=1S/C11H10N2O2/c1-13-9(7-12-10(13)11(14)15)8-5-3-2-4-6-8/h2-7H,1H3,(H,14,15). The lowest BCUT2D eigenvalue weighted by atomic mass is 10.2. The Morgan fingerprint density at radius 1 is 1.33 bits per heavy atom. The van der Waals surface area contributed by atoms with Crippen molar-refractivity contribution in [1.82, 2.24) is 9.55 Å². The number of hydrogen-bond acceptors (Lipinski definition) is 2. The van der Waals surface area contributed by atoms with E-state index in [0.717, 1.165) is 11.3 Å². The molecule has 1 N–H and O–H groups in total. The van der Waals surface area contributed by atoms with Crippen LogP contribution in [0, 0.1) is 0 Å². The van der Waals surface area contributed by atoms with E-state index in [9.17, 15) is 4.79 Å². The van der Waals surface area contributed by atoms with Crippen LogP contribution >= 0.6 is 0 Å². The van der Waals surface area contributed by atoms with Gasteiger partial charge in [0.05, 0.1) is 11.9 Å². The maximum Gasteiger partial charge on any atom is 0.372 e. The van der Waals surface area contributed by atoms with Gasteiger partial charge >= 0.3 is 5.97 Å². The Labute approximate surface area is 86.8 Å². The summed E-state index contributed by atoms with van der Waals surface area (Å²) in [5, 5.41) is 8.84. The first-order valence-corrected chi connectivity index (χ1v) is 4.50. The van der Waals surface area contributed by atoms with Gasteiger partial charge in [0.25, 0.3) is 0 Å². The number of benzene rings is 1. The summed E-state index contributed by atoms with van der Waals surface area (Å²) in [6, 6.07) is 9.56. The van der Waals surface area contributed by atoms with Crippen LogP contribution < -0.4 is 0 Å². The highest BCUT2D eigenvalue weighted by molar-refractivity contribution is 5.84. The van der Waals surface area contributed by atoms with Gasteiger partial charge < -0.3 is 9.67 Å². The van der Waals surface area contributed by atoms with Crippen LogP contribution in [0.1, 0.15) is 10.6 Å². The summed E-state index contributed by atoms with van der Waals surface area (Å²) in [6.45, 7) is 0. The van der Waals surface area contributed by atoms with Gasteiger partial charge in [-0.1, -0.05) is 30.3 Å². The molecule has 0 fully saturated rings. The molecule has 0 radical (unpaired) electrons. The maximum atomic E-state index is 10.8. The third-order valence-corrected chi connectivity index (χ3v) is 2.25. The van der Waals surface area contributed by atoms with E-state index in [1.54, 1.807) is 17.8 Å². The number of carboxylic acid groups (broad SMARTS) is 1. The Bertz CT molecular complexity index is 489. The van der Waals surface area contributed by atoms with E-state index < -0.39 is 5.97 Å². The second-order valence-corrected chi connectivity index (χ2v) is 3.20. The number of aromatic nitrogens is 2. The molecule has 0 bridgehead atoms. The first-order chi connectivity index (χ1) is 7.20. The number of carboxylic acids is 1. The van der Waals surface area contributed by atoms with Crippen LogP contribution in [0.25, 0.3) is 11.3 Å². The zero-order valence-corrected chi connectivity index (χ0v) is 8.21. The molecule has 0 saturated heterocycles. The van der Waals surface area contributed by atoms with Crippen molar-refractivity contribution in [2.75, 3.05) is 0 Å². The molecule has 2 rings (SSSR count). The second kappa shape index (κ2) is 3.57. The minimum absolute atomic E-state index is 0.0499. The summed E-state index contributed by atoms with van der Waals surface area (Å²) in [6.07, 6.45) is 1.57. The van der Waals surface area contributed by atoms with Gasteiger partial charge in [-0.05, 0) is 5.56 Å². The lowest BCUT2D eigenvalue weighted by molar-refractivity contribution is 0.0680. The third kappa shape index (κ3) is 1.61. The molecular formula is C11H10N2O2. The first-order valence-electron chi connectivity index (χ1n) is 4.50. The third-order valence-electron chi connectivity index (χ3n) is 2.25. The monoisotopic (exact) mass is 202 g/mol. The predicted molar refractivity (Wildman–Crippen MR) is 55.6 cm³/mol. The van der Waals surface area contributed by atoms with Gasteiger partial charge in [0, 0.05) is 7.05 Å². The molecule has 76 valence electrons. The summed E-state index contributed by atoms with van der Waals surface area (Å²) in [5.41, 5.74) is 1.76. The summed E-state index contributed by atoms with van der Waals surface area (Å²) >= 11 is 0. The lowest BCUT2D eigenvalue weighted by Gasteiger charge is -2.02. The highest BCUT2D eigenvalue weighted by Gasteiger charge is 2.13. The van der Waals surface area contributed by atoms with Crippen molar-refractivity contribution in [2.24, 2.45) is 7.05 Å². The normalized spacial score (nSPS) is 10.2. The summed E-state index contributed by atoms with van der Waals surface area (Å²) < 4.78 is 1.57. The smallest absolute Gasteiger partial charge is 0.372 e. The fraction of sp³-hybridized carbons (Fsp3) is 0.0909. The van der Waals surface area contributed by atoms with Gasteiger partial charge in [0.2, 0.25) is 5.82 Å². The molecule has 0 atom stereocenters. The summed E-state index contributed by atoms with van der Waals surface area (Å²) in [7, 11) is 1.69. The van der Waals surface area contributed by atoms with Gasteiger partial charge in [0.15, 0.2) is 0 Å². The molecule has 4 heteroatoms. The average molecular weight is 202 g/mol. The van der Waals surface area contributed by atoms with Crippen molar-refractivity contribution in [3.8, 4) is 11.3 Å². The summed E-state index contributed by atoms with van der Waals surface area (Å²) in [5.74, 6) is -0.964. The maximum absolute atomic E-state index is 10.8. The predicted octanol–water partition coefficient (Wildman–Crippen LogP) is 1.79. The van der Waals surface area contributed by atoms with Crippen LogP contribution in [0.4, 0.5) is 0 Å². The van der Waals surface area contributed by atoms with Crippen LogP contribution in [-0.2, 0) is 7.05 Å². The zero-order valence-electron chi connectivity index (χ0n) is 8.21. The van der Waals surface area contributed by atoms with Crippen molar-refractivity contribution in [3.05, 3.63) is 42.4 Å². The molecule has 0 unspecified atom stereocenters. The Morgan fingerprint density at radius 2 is 2.00 bits per heavy atom. The molecule has 0 saturated carbocycles. The molecule has 1 aromatic carbocycles. The topological polar surface area (TPSA) is 55.1 Å². The van der Waals surface area contributed by atoms with Gasteiger partial charge in [-0.25, -0.2) is 9.78 Å². The van der Waals surface area contributed by atoms with E-state index in [-0.39, 0.29) is 5.82 Å². The number of nitrogens with zero attached hydrogens (tertiary/aromatic N) is 2. The van der Waals surface area contributed by atoms with E-state index in [4.69, 9.17) is 5.11 Å². The van der Waals surface area contributed by atoms with Gasteiger partial charge in [-0.15, -0.1) is 0 Å². The number of rotatable bonds is 2. The van der Waals surface area contributed by atoms with Crippen molar-refractivity contribution in [1.29, 1.82) is 0 Å². The molecular weight excluding hydrogens is 192 g/mol. The van der Waals surface area contributed by atoms with E-state index in [1.807, 2.05) is 30.3 Å². The van der Waals surface area contributed by atoms with Crippen LogP contribution in [0.2, 0.25) is 0 Å². The second-order valence-electron chi connectivity index (χ2n) is 3.20. The lowest BCUT2D eigenvalue weighted by Crippen LogP contribution is -2.06. The van der Waals surface area contributed by atoms with Gasteiger partial charge in [-0.2, -0.15) is 0 Å². The van der Waals surface area contributed by atoms with Gasteiger partial charge in [-0.3, -0.25) is 0 Å². The molecule has 0 aliphatic heterocycles. The number of aromatic carboxylic acids is 1. The fourth-order valence-electron chi connectivity index (χ4n) is 1.49. The zero-order chi connectivity index (χ0) is 10.8. The average Bonchev–Trinajstić information content (AvgIpc) is 2.61. The molecule has 0 aliphatic carbocycles. The van der Waals surface area contributed by atoms with Crippen LogP contribution in [0.3, 0.4) is 0 Å². The van der Waals surface area contributed by atoms with E-state index in [2.05, 4.69) is 4.98 Å². The van der Waals surface area contributed by atoms with Crippen LogP contribution in [0.15, 0.2) is 36.5 Å². The van der Waals surface area contributed by atoms with Crippen molar-refractivity contribution in [3.63, 3.8) is 0 Å². The van der Waals surface area contributed by atoms with Crippen molar-refractivity contribution >= 4 is 5.97 Å². The van der Waals surface area contributed by atoms with Gasteiger partial charge in [0.1, 0.15) is 0 Å². The van der Waals surface area contributed by atoms with E-state index >= 15 is 0 Å². The fourth-order valence-corrected chi connectivity index (χ4v) is 1.49. The highest BCUT2D eigenvalue weighted by Crippen LogP contribution is 2.18. The Kier molecular flexibility index (Phi) is 2.25. The first kappa shape index (κ1) is 9.45. The highest BCUT2D eigenvalue weighted by atomic mass is 16.4. The minimum Gasteiger partial charge on any atom is -0.475 e. The Morgan fingerprint density at radius 3 is 2.53 bits per heavy atom. The molecule has 0 amide bonds. The molecule has 2 aromatic rings. The largest absolute Gasteiger partial charge is 0.475 e. The van der Waals surface area contributed by atoms with Crippen molar-refractivity contribution in [2.45, 2.75) is 0 Å². The molecule has 1 aromatic heterocycles. The van der Waals surface area contributed by atoms with E-state index in [0.29, 0.717) is 0 Å². The Hall–Kier alpha value is -2.10. The van der Waals surface area contributed by atoms with Crippen LogP contribution in [0.5, 0.6) is 0 Å². The van der Waals surface area contributed by atoms with Crippen LogP contribution in [-0.4, -0.2) is 20.6 Å². The quantitative estimate of drug-likeness (QED) is 0.807. The Balaban J connectivity index is 2.52. The molecule has 0 aliphatic rings. The number of imidazole rings is 1. The molecule has 0 spiro atoms. The van der Waals surface area contributed by atoms with E-state index in [1.165, 1.54) is 0 Å².